The Morgan fingerprint density at radius 3 is 1.89 bits per heavy atom. The van der Waals surface area contributed by atoms with Gasteiger partial charge in [-0.3, -0.25) is 0 Å². The molecular formula is C15H14O3. The number of benzene rings is 2. The highest BCUT2D eigenvalue weighted by molar-refractivity contribution is 5.92. The molecule has 92 valence electrons. The van der Waals surface area contributed by atoms with Crippen LogP contribution in [-0.2, 0) is 0 Å². The lowest BCUT2D eigenvalue weighted by Gasteiger charge is -2.09. The van der Waals surface area contributed by atoms with E-state index in [4.69, 9.17) is 5.11 Å². The fourth-order valence-corrected chi connectivity index (χ4v) is 2.12. The SMILES string of the molecule is Cc1cc(-c2ccc(O)cc2)cc(C)c1C(=O)O. The molecule has 0 aliphatic heterocycles. The van der Waals surface area contributed by atoms with E-state index in [1.54, 1.807) is 26.0 Å². The molecule has 0 fully saturated rings. The van der Waals surface area contributed by atoms with Gasteiger partial charge in [0.1, 0.15) is 5.75 Å². The van der Waals surface area contributed by atoms with E-state index in [1.165, 1.54) is 0 Å². The normalized spacial score (nSPS) is 10.3. The van der Waals surface area contributed by atoms with Crippen LogP contribution in [0.15, 0.2) is 36.4 Å². The van der Waals surface area contributed by atoms with E-state index in [2.05, 4.69) is 0 Å². The maximum absolute atomic E-state index is 11.1. The van der Waals surface area contributed by atoms with Crippen molar-refractivity contribution in [2.24, 2.45) is 0 Å². The number of aromatic carboxylic acids is 1. The molecule has 0 aromatic heterocycles. The fourth-order valence-electron chi connectivity index (χ4n) is 2.12. The third kappa shape index (κ3) is 2.20. The van der Waals surface area contributed by atoms with E-state index < -0.39 is 5.97 Å². The first-order chi connectivity index (χ1) is 8.49. The summed E-state index contributed by atoms with van der Waals surface area (Å²) in [6, 6.07) is 10.6. The van der Waals surface area contributed by atoms with Gasteiger partial charge in [0.2, 0.25) is 0 Å². The highest BCUT2D eigenvalue weighted by atomic mass is 16.4. The molecule has 0 unspecified atom stereocenters. The van der Waals surface area contributed by atoms with Gasteiger partial charge in [0, 0.05) is 0 Å². The van der Waals surface area contributed by atoms with Gasteiger partial charge in [-0.2, -0.15) is 0 Å². The summed E-state index contributed by atoms with van der Waals surface area (Å²) < 4.78 is 0. The number of carboxylic acids is 1. The summed E-state index contributed by atoms with van der Waals surface area (Å²) in [6.07, 6.45) is 0. The molecule has 0 saturated heterocycles. The molecule has 0 heterocycles. The summed E-state index contributed by atoms with van der Waals surface area (Å²) in [4.78, 5) is 11.1. The second-order valence-electron chi connectivity index (χ2n) is 4.34. The van der Waals surface area contributed by atoms with Crippen molar-refractivity contribution in [2.45, 2.75) is 13.8 Å². The smallest absolute Gasteiger partial charge is 0.336 e. The van der Waals surface area contributed by atoms with Crippen LogP contribution in [0, 0.1) is 13.8 Å². The summed E-state index contributed by atoms with van der Waals surface area (Å²) in [6.45, 7) is 3.58. The number of hydrogen-bond acceptors (Lipinski definition) is 2. The lowest BCUT2D eigenvalue weighted by molar-refractivity contribution is 0.0695. The first-order valence-corrected chi connectivity index (χ1v) is 5.63. The van der Waals surface area contributed by atoms with Gasteiger partial charge in [-0.05, 0) is 48.2 Å². The molecule has 0 saturated carbocycles. The van der Waals surface area contributed by atoms with Crippen LogP contribution in [0.5, 0.6) is 5.75 Å². The number of hydrogen-bond donors (Lipinski definition) is 2. The molecule has 2 aromatic rings. The zero-order valence-electron chi connectivity index (χ0n) is 10.3. The van der Waals surface area contributed by atoms with Crippen LogP contribution in [0.1, 0.15) is 21.5 Å². The average Bonchev–Trinajstić information content (AvgIpc) is 2.28. The van der Waals surface area contributed by atoms with E-state index in [0.29, 0.717) is 5.56 Å². The molecule has 0 spiro atoms. The van der Waals surface area contributed by atoms with E-state index in [-0.39, 0.29) is 5.75 Å². The van der Waals surface area contributed by atoms with Gasteiger partial charge >= 0.3 is 5.97 Å². The Hall–Kier alpha value is -2.29. The molecule has 0 radical (unpaired) electrons. The molecule has 0 aliphatic carbocycles. The Kier molecular flexibility index (Phi) is 3.06. The largest absolute Gasteiger partial charge is 0.508 e. The quantitative estimate of drug-likeness (QED) is 0.848. The van der Waals surface area contributed by atoms with E-state index in [0.717, 1.165) is 22.3 Å². The highest BCUT2D eigenvalue weighted by Crippen LogP contribution is 2.26. The summed E-state index contributed by atoms with van der Waals surface area (Å²) in [5, 5.41) is 18.4. The topological polar surface area (TPSA) is 57.5 Å². The number of carboxylic acid groups (broad SMARTS) is 1. The lowest BCUT2D eigenvalue weighted by atomic mass is 9.95. The van der Waals surface area contributed by atoms with Gasteiger partial charge < -0.3 is 10.2 Å². The van der Waals surface area contributed by atoms with E-state index in [1.807, 2.05) is 24.3 Å². The third-order valence-corrected chi connectivity index (χ3v) is 2.95. The van der Waals surface area contributed by atoms with Crippen molar-refractivity contribution >= 4 is 5.97 Å². The van der Waals surface area contributed by atoms with Crippen LogP contribution in [0.3, 0.4) is 0 Å². The first-order valence-electron chi connectivity index (χ1n) is 5.63. The first kappa shape index (κ1) is 12.2. The van der Waals surface area contributed by atoms with Gasteiger partial charge in [0.25, 0.3) is 0 Å². The lowest BCUT2D eigenvalue weighted by Crippen LogP contribution is -2.03. The van der Waals surface area contributed by atoms with Crippen LogP contribution >= 0.6 is 0 Å². The maximum atomic E-state index is 11.1. The zero-order valence-corrected chi connectivity index (χ0v) is 10.3. The van der Waals surface area contributed by atoms with E-state index >= 15 is 0 Å². The molecule has 0 amide bonds. The average molecular weight is 242 g/mol. The van der Waals surface area contributed by atoms with Crippen LogP contribution in [0.4, 0.5) is 0 Å². The molecule has 0 bridgehead atoms. The van der Waals surface area contributed by atoms with E-state index in [9.17, 15) is 9.90 Å². The number of rotatable bonds is 2. The van der Waals surface area contributed by atoms with Crippen LogP contribution in [-0.4, -0.2) is 16.2 Å². The van der Waals surface area contributed by atoms with Gasteiger partial charge in [0.05, 0.1) is 5.56 Å². The molecule has 0 atom stereocenters. The molecule has 2 N–H and O–H groups in total. The molecule has 3 nitrogen and oxygen atoms in total. The van der Waals surface area contributed by atoms with Crippen molar-refractivity contribution < 1.29 is 15.0 Å². The Labute approximate surface area is 105 Å². The van der Waals surface area contributed by atoms with Gasteiger partial charge in [-0.25, -0.2) is 4.79 Å². The predicted octanol–water partition coefficient (Wildman–Crippen LogP) is 3.37. The summed E-state index contributed by atoms with van der Waals surface area (Å²) in [7, 11) is 0. The Bertz CT molecular complexity index is 575. The molecule has 3 heteroatoms. The minimum atomic E-state index is -0.901. The number of aryl methyl sites for hydroxylation is 2. The highest BCUT2D eigenvalue weighted by Gasteiger charge is 2.12. The van der Waals surface area contributed by atoms with Crippen molar-refractivity contribution in [3.05, 3.63) is 53.1 Å². The minimum Gasteiger partial charge on any atom is -0.508 e. The molecule has 2 rings (SSSR count). The summed E-state index contributed by atoms with van der Waals surface area (Å²) in [5.74, 6) is -0.684. The van der Waals surface area contributed by atoms with Crippen molar-refractivity contribution in [2.75, 3.05) is 0 Å². The monoisotopic (exact) mass is 242 g/mol. The maximum Gasteiger partial charge on any atom is 0.336 e. The predicted molar refractivity (Wildman–Crippen MR) is 70.0 cm³/mol. The van der Waals surface area contributed by atoms with Crippen LogP contribution in [0.2, 0.25) is 0 Å². The summed E-state index contributed by atoms with van der Waals surface area (Å²) in [5.41, 5.74) is 3.75. The fraction of sp³-hybridized carbons (Fsp3) is 0.133. The Morgan fingerprint density at radius 2 is 1.44 bits per heavy atom. The van der Waals surface area contributed by atoms with Crippen molar-refractivity contribution in [1.82, 2.24) is 0 Å². The molecular weight excluding hydrogens is 228 g/mol. The van der Waals surface area contributed by atoms with Gasteiger partial charge in [-0.15, -0.1) is 0 Å². The van der Waals surface area contributed by atoms with Gasteiger partial charge in [-0.1, -0.05) is 24.3 Å². The zero-order chi connectivity index (χ0) is 13.3. The minimum absolute atomic E-state index is 0.217. The van der Waals surface area contributed by atoms with Crippen LogP contribution in [0.25, 0.3) is 11.1 Å². The van der Waals surface area contributed by atoms with Crippen molar-refractivity contribution in [3.63, 3.8) is 0 Å². The summed E-state index contributed by atoms with van der Waals surface area (Å²) >= 11 is 0. The van der Waals surface area contributed by atoms with Crippen molar-refractivity contribution in [1.29, 1.82) is 0 Å². The number of carbonyl (C=O) groups is 1. The van der Waals surface area contributed by atoms with Crippen LogP contribution < -0.4 is 0 Å². The third-order valence-electron chi connectivity index (χ3n) is 2.95. The number of aromatic hydroxyl groups is 1. The second kappa shape index (κ2) is 4.53. The van der Waals surface area contributed by atoms with Crippen molar-refractivity contribution in [3.8, 4) is 16.9 Å². The standard InChI is InChI=1S/C15H14O3/c1-9-7-12(8-10(2)14(9)15(17)18)11-3-5-13(16)6-4-11/h3-8,16H,1-2H3,(H,17,18). The molecule has 2 aromatic carbocycles. The molecule has 0 aliphatic rings. The molecule has 18 heavy (non-hydrogen) atoms. The Balaban J connectivity index is 2.54. The Morgan fingerprint density at radius 1 is 0.944 bits per heavy atom. The van der Waals surface area contributed by atoms with Gasteiger partial charge in [0.15, 0.2) is 0 Å². The second-order valence-corrected chi connectivity index (χ2v) is 4.34. The number of phenolic OH excluding ortho intramolecular Hbond substituents is 1. The number of phenols is 1.